The Labute approximate surface area is 191 Å². The molecule has 4 rings (SSSR count). The minimum Gasteiger partial charge on any atom is -0.445 e. The van der Waals surface area contributed by atoms with Crippen molar-refractivity contribution in [2.75, 3.05) is 13.1 Å². The third kappa shape index (κ3) is 5.36. The number of aromatic nitrogens is 1. The second-order valence-corrected chi connectivity index (χ2v) is 9.90. The van der Waals surface area contributed by atoms with Gasteiger partial charge in [-0.05, 0) is 31.5 Å². The highest BCUT2D eigenvalue weighted by Gasteiger charge is 2.52. The predicted molar refractivity (Wildman–Crippen MR) is 111 cm³/mol. The van der Waals surface area contributed by atoms with E-state index in [9.17, 15) is 22.2 Å². The zero-order chi connectivity index (χ0) is 23.8. The third-order valence-corrected chi connectivity index (χ3v) is 6.95. The van der Waals surface area contributed by atoms with Gasteiger partial charge in [-0.1, -0.05) is 36.4 Å². The van der Waals surface area contributed by atoms with E-state index in [-0.39, 0.29) is 24.7 Å². The summed E-state index contributed by atoms with van der Waals surface area (Å²) in [5, 5.41) is -1.09. The van der Waals surface area contributed by atoms with Gasteiger partial charge in [-0.25, -0.2) is 9.78 Å². The molecule has 178 valence electrons. The van der Waals surface area contributed by atoms with Gasteiger partial charge in [-0.2, -0.15) is 13.2 Å². The highest BCUT2D eigenvalue weighted by atomic mass is 32.2. The molecule has 11 heteroatoms. The number of carbonyl (C=O) groups is 1. The van der Waals surface area contributed by atoms with Crippen molar-refractivity contribution >= 4 is 16.9 Å². The lowest BCUT2D eigenvalue weighted by molar-refractivity contribution is -0.144. The number of pyridine rings is 1. The lowest BCUT2D eigenvalue weighted by Crippen LogP contribution is -2.57. The molecule has 0 saturated carbocycles. The van der Waals surface area contributed by atoms with Crippen LogP contribution >= 0.6 is 0 Å². The maximum atomic E-state index is 13.3. The number of fused-ring (bicyclic) bond motifs is 1. The Balaban J connectivity index is 1.55. The molecule has 0 N–H and O–H groups in total. The maximum Gasteiger partial charge on any atom is 0.433 e. The molecule has 1 unspecified atom stereocenters. The van der Waals surface area contributed by atoms with Gasteiger partial charge in [0.2, 0.25) is 0 Å². The highest BCUT2D eigenvalue weighted by molar-refractivity contribution is 7.85. The number of halogens is 3. The van der Waals surface area contributed by atoms with Crippen molar-refractivity contribution in [1.82, 2.24) is 9.88 Å². The smallest absolute Gasteiger partial charge is 0.433 e. The molecule has 0 radical (unpaired) electrons. The lowest BCUT2D eigenvalue weighted by Gasteiger charge is -2.37. The number of hydrogen-bond acceptors (Lipinski definition) is 6. The number of likely N-dealkylation sites (tertiary alicyclic amines) is 1. The molecule has 2 saturated heterocycles. The first-order valence-corrected chi connectivity index (χ1v) is 11.5. The van der Waals surface area contributed by atoms with Gasteiger partial charge in [0.1, 0.15) is 29.5 Å². The molecule has 7 nitrogen and oxygen atoms in total. The Bertz CT molecular complexity index is 1030. The van der Waals surface area contributed by atoms with E-state index in [4.69, 9.17) is 14.2 Å². The molecular weight excluding hydrogens is 461 g/mol. The van der Waals surface area contributed by atoms with Crippen LogP contribution < -0.4 is 0 Å². The molecule has 0 spiro atoms. The van der Waals surface area contributed by atoms with Crippen LogP contribution in [0.2, 0.25) is 0 Å². The summed E-state index contributed by atoms with van der Waals surface area (Å²) < 4.78 is 69.9. The topological polar surface area (TPSA) is 78.0 Å². The molecule has 2 aliphatic rings. The van der Waals surface area contributed by atoms with E-state index in [2.05, 4.69) is 4.98 Å². The molecule has 1 aromatic carbocycles. The predicted octanol–water partition coefficient (Wildman–Crippen LogP) is 3.75. The van der Waals surface area contributed by atoms with E-state index in [1.165, 1.54) is 11.0 Å². The van der Waals surface area contributed by atoms with Crippen LogP contribution in [-0.4, -0.2) is 56.5 Å². The highest BCUT2D eigenvalue weighted by Crippen LogP contribution is 2.36. The second kappa shape index (κ2) is 9.03. The monoisotopic (exact) mass is 484 g/mol. The van der Waals surface area contributed by atoms with Crippen LogP contribution in [0.5, 0.6) is 0 Å². The number of ether oxygens (including phenoxy) is 3. The van der Waals surface area contributed by atoms with E-state index in [1.54, 1.807) is 13.8 Å². The summed E-state index contributed by atoms with van der Waals surface area (Å²) >= 11 is 0. The normalized spacial score (nSPS) is 25.4. The van der Waals surface area contributed by atoms with Gasteiger partial charge < -0.3 is 19.1 Å². The zero-order valence-corrected chi connectivity index (χ0v) is 18.8. The van der Waals surface area contributed by atoms with Crippen LogP contribution in [0.25, 0.3) is 0 Å². The fourth-order valence-electron chi connectivity index (χ4n) is 3.92. The van der Waals surface area contributed by atoms with E-state index < -0.39 is 52.0 Å². The van der Waals surface area contributed by atoms with Crippen LogP contribution in [0.3, 0.4) is 0 Å². The Hall–Kier alpha value is -2.50. The minimum atomic E-state index is -4.67. The molecule has 2 aromatic rings. The van der Waals surface area contributed by atoms with Crippen LogP contribution in [0.4, 0.5) is 18.0 Å². The Kier molecular flexibility index (Phi) is 6.47. The second-order valence-electron chi connectivity index (χ2n) is 8.28. The van der Waals surface area contributed by atoms with Gasteiger partial charge >= 0.3 is 12.3 Å². The van der Waals surface area contributed by atoms with E-state index >= 15 is 0 Å². The average molecular weight is 484 g/mol. The molecular formula is C22H23F3N2O5S. The molecule has 4 atom stereocenters. The van der Waals surface area contributed by atoms with E-state index in [1.807, 2.05) is 30.3 Å². The van der Waals surface area contributed by atoms with Gasteiger partial charge in [0.25, 0.3) is 0 Å². The minimum absolute atomic E-state index is 0.0429. The fraction of sp³-hybridized carbons (Fsp3) is 0.455. The largest absolute Gasteiger partial charge is 0.445 e. The number of hydrogen-bond donors (Lipinski definition) is 0. The summed E-state index contributed by atoms with van der Waals surface area (Å²) in [6, 6.07) is 12.4. The third-order valence-electron chi connectivity index (χ3n) is 5.35. The molecule has 0 bridgehead atoms. The van der Waals surface area contributed by atoms with Gasteiger partial charge in [0, 0.05) is 6.54 Å². The first-order chi connectivity index (χ1) is 15.5. The van der Waals surface area contributed by atoms with Crippen LogP contribution in [-0.2, 0) is 37.8 Å². The summed E-state index contributed by atoms with van der Waals surface area (Å²) in [5.74, 6) is -0.997. The quantitative estimate of drug-likeness (QED) is 0.658. The number of benzene rings is 1. The maximum absolute atomic E-state index is 13.3. The average Bonchev–Trinajstić information content (AvgIpc) is 3.10. The molecule has 3 heterocycles. The van der Waals surface area contributed by atoms with Crippen LogP contribution in [0, 0.1) is 0 Å². The van der Waals surface area contributed by atoms with Crippen molar-refractivity contribution in [2.45, 2.75) is 54.9 Å². The zero-order valence-electron chi connectivity index (χ0n) is 17.9. The van der Waals surface area contributed by atoms with E-state index in [0.29, 0.717) is 0 Å². The molecule has 33 heavy (non-hydrogen) atoms. The number of piperidine rings is 1. The van der Waals surface area contributed by atoms with Crippen molar-refractivity contribution < 1.29 is 36.4 Å². The lowest BCUT2D eigenvalue weighted by atomic mass is 10.1. The molecule has 1 aromatic heterocycles. The van der Waals surface area contributed by atoms with Crippen molar-refractivity contribution in [2.24, 2.45) is 0 Å². The number of amides is 1. The number of nitrogens with zero attached hydrogens (tertiary/aromatic N) is 2. The number of rotatable bonds is 4. The summed E-state index contributed by atoms with van der Waals surface area (Å²) in [4.78, 5) is 17.7. The van der Waals surface area contributed by atoms with Gasteiger partial charge in [0.15, 0.2) is 5.79 Å². The summed E-state index contributed by atoms with van der Waals surface area (Å²) in [7, 11) is -2.00. The Morgan fingerprint density at radius 2 is 1.88 bits per heavy atom. The van der Waals surface area contributed by atoms with Crippen molar-refractivity contribution in [3.8, 4) is 0 Å². The SMILES string of the molecule is CC1(C)O[C@H]2[C@H](CN(C(=O)OCc3ccccc3)C[C@@H]2S(=O)c2cccc(C(F)(F)F)n2)O1. The molecule has 0 aliphatic carbocycles. The number of alkyl halides is 3. The Morgan fingerprint density at radius 1 is 1.15 bits per heavy atom. The first kappa shape index (κ1) is 23.7. The van der Waals surface area contributed by atoms with Gasteiger partial charge in [0.05, 0.1) is 22.6 Å². The molecule has 2 aliphatic heterocycles. The van der Waals surface area contributed by atoms with Crippen LogP contribution in [0.1, 0.15) is 25.1 Å². The molecule has 2 fully saturated rings. The van der Waals surface area contributed by atoms with Crippen molar-refractivity contribution in [3.05, 3.63) is 59.8 Å². The van der Waals surface area contributed by atoms with Crippen molar-refractivity contribution in [3.63, 3.8) is 0 Å². The van der Waals surface area contributed by atoms with Gasteiger partial charge in [-0.15, -0.1) is 0 Å². The Morgan fingerprint density at radius 3 is 2.58 bits per heavy atom. The summed E-state index contributed by atoms with van der Waals surface area (Å²) in [6.45, 7) is 3.53. The number of carbonyl (C=O) groups excluding carboxylic acids is 1. The standard InChI is InChI=1S/C22H23F3N2O5S/c1-21(2)31-15-11-27(20(28)30-13-14-7-4-3-5-8-14)12-16(19(15)32-21)33(29)18-10-6-9-17(26-18)22(23,24)25/h3-10,15-16,19H,11-13H2,1-2H3/t15-,16-,19-,33?/m0/s1. The fourth-order valence-corrected chi connectivity index (χ4v) is 5.42. The molecule has 1 amide bonds. The summed E-state index contributed by atoms with van der Waals surface area (Å²) in [6.07, 6.45) is -6.60. The first-order valence-electron chi connectivity index (χ1n) is 10.3. The van der Waals surface area contributed by atoms with Crippen molar-refractivity contribution in [1.29, 1.82) is 0 Å². The van der Waals surface area contributed by atoms with Gasteiger partial charge in [-0.3, -0.25) is 4.21 Å². The van der Waals surface area contributed by atoms with E-state index in [0.717, 1.165) is 17.7 Å². The summed E-state index contributed by atoms with van der Waals surface area (Å²) in [5.41, 5.74) is -0.334. The van der Waals surface area contributed by atoms with Crippen LogP contribution in [0.15, 0.2) is 53.6 Å².